The van der Waals surface area contributed by atoms with Crippen LogP contribution in [0.15, 0.2) is 0 Å². The van der Waals surface area contributed by atoms with Crippen LogP contribution in [0.4, 0.5) is 0 Å². The number of thioether (sulfide) groups is 1. The van der Waals surface area contributed by atoms with Crippen molar-refractivity contribution in [1.82, 2.24) is 0 Å². The van der Waals surface area contributed by atoms with Crippen LogP contribution in [0, 0.1) is 11.8 Å². The average molecular weight is 202 g/mol. The number of hydrogen-bond donors (Lipinski definition) is 0. The number of ether oxygens (including phenoxy) is 1. The van der Waals surface area contributed by atoms with E-state index in [9.17, 15) is 4.79 Å². The van der Waals surface area contributed by atoms with Crippen LogP contribution in [0.3, 0.4) is 0 Å². The lowest BCUT2D eigenvalue weighted by Gasteiger charge is -2.14. The van der Waals surface area contributed by atoms with Crippen LogP contribution in [0.2, 0.25) is 0 Å². The van der Waals surface area contributed by atoms with Gasteiger partial charge in [-0.15, -0.1) is 11.8 Å². The van der Waals surface area contributed by atoms with Gasteiger partial charge in [-0.1, -0.05) is 13.8 Å². The second kappa shape index (κ2) is 4.89. The minimum absolute atomic E-state index is 0.0341. The first-order valence-corrected chi connectivity index (χ1v) is 5.89. The Morgan fingerprint density at radius 1 is 1.54 bits per heavy atom. The molecule has 0 radical (unpaired) electrons. The van der Waals surface area contributed by atoms with Gasteiger partial charge in [-0.25, -0.2) is 0 Å². The topological polar surface area (TPSA) is 26.3 Å². The molecule has 1 unspecified atom stereocenters. The summed E-state index contributed by atoms with van der Waals surface area (Å²) in [5.41, 5.74) is 0. The van der Waals surface area contributed by atoms with Crippen molar-refractivity contribution in [2.24, 2.45) is 11.8 Å². The van der Waals surface area contributed by atoms with E-state index in [-0.39, 0.29) is 11.2 Å². The monoisotopic (exact) mass is 202 g/mol. The fourth-order valence-electron chi connectivity index (χ4n) is 1.21. The van der Waals surface area contributed by atoms with Crippen molar-refractivity contribution in [1.29, 1.82) is 0 Å². The molecule has 1 rings (SSSR count). The molecule has 1 fully saturated rings. The van der Waals surface area contributed by atoms with Crippen LogP contribution in [0.5, 0.6) is 0 Å². The van der Waals surface area contributed by atoms with Gasteiger partial charge in [-0.05, 0) is 30.4 Å². The Morgan fingerprint density at radius 2 is 2.15 bits per heavy atom. The third-order valence-electron chi connectivity index (χ3n) is 2.09. The van der Waals surface area contributed by atoms with Gasteiger partial charge in [0.25, 0.3) is 0 Å². The average Bonchev–Trinajstić information content (AvgIpc) is 2.87. The van der Waals surface area contributed by atoms with Gasteiger partial charge in [-0.2, -0.15) is 0 Å². The number of carbonyl (C=O) groups is 1. The van der Waals surface area contributed by atoms with Crippen LogP contribution in [-0.4, -0.2) is 24.1 Å². The Hall–Kier alpha value is -0.180. The van der Waals surface area contributed by atoms with Crippen LogP contribution in [0.25, 0.3) is 0 Å². The predicted octanol–water partition coefficient (Wildman–Crippen LogP) is 2.33. The zero-order valence-corrected chi connectivity index (χ0v) is 9.39. The molecule has 1 atom stereocenters. The Kier molecular flexibility index (Phi) is 4.10. The molecule has 13 heavy (non-hydrogen) atoms. The molecule has 1 aliphatic rings. The fraction of sp³-hybridized carbons (Fsp3) is 0.900. The summed E-state index contributed by atoms with van der Waals surface area (Å²) in [5.74, 6) is 2.26. The largest absolute Gasteiger partial charge is 0.468 e. The Bertz CT molecular complexity index is 176. The van der Waals surface area contributed by atoms with E-state index < -0.39 is 0 Å². The van der Waals surface area contributed by atoms with Crippen LogP contribution >= 0.6 is 11.8 Å². The first-order chi connectivity index (χ1) is 6.15. The SMILES string of the molecule is COC(=O)C(SCC(C)C)C1CC1. The van der Waals surface area contributed by atoms with Crippen LogP contribution in [-0.2, 0) is 9.53 Å². The molecular formula is C10H18O2S. The maximum Gasteiger partial charge on any atom is 0.319 e. The van der Waals surface area contributed by atoms with Gasteiger partial charge in [0.15, 0.2) is 0 Å². The molecule has 0 N–H and O–H groups in total. The Balaban J connectivity index is 2.33. The van der Waals surface area contributed by atoms with Crippen molar-refractivity contribution in [2.45, 2.75) is 31.9 Å². The zero-order valence-electron chi connectivity index (χ0n) is 8.58. The van der Waals surface area contributed by atoms with Crippen LogP contribution < -0.4 is 0 Å². The number of methoxy groups -OCH3 is 1. The van der Waals surface area contributed by atoms with E-state index in [1.165, 1.54) is 20.0 Å². The van der Waals surface area contributed by atoms with Crippen molar-refractivity contribution in [3.63, 3.8) is 0 Å². The molecule has 0 spiro atoms. The van der Waals surface area contributed by atoms with Crippen LogP contribution in [0.1, 0.15) is 26.7 Å². The molecular weight excluding hydrogens is 184 g/mol. The molecule has 0 aliphatic heterocycles. The van der Waals surface area contributed by atoms with E-state index in [2.05, 4.69) is 13.8 Å². The van der Waals surface area contributed by atoms with Crippen molar-refractivity contribution in [3.8, 4) is 0 Å². The molecule has 2 nitrogen and oxygen atoms in total. The summed E-state index contributed by atoms with van der Waals surface area (Å²) >= 11 is 1.76. The lowest BCUT2D eigenvalue weighted by atomic mass is 10.3. The molecule has 0 heterocycles. The van der Waals surface area contributed by atoms with E-state index in [1.807, 2.05) is 0 Å². The van der Waals surface area contributed by atoms with Gasteiger partial charge < -0.3 is 4.74 Å². The summed E-state index contributed by atoms with van der Waals surface area (Å²) in [6.07, 6.45) is 2.40. The van der Waals surface area contributed by atoms with E-state index in [4.69, 9.17) is 4.74 Å². The molecule has 1 aliphatic carbocycles. The third-order valence-corrected chi connectivity index (χ3v) is 3.89. The van der Waals surface area contributed by atoms with Gasteiger partial charge >= 0.3 is 5.97 Å². The molecule has 76 valence electrons. The van der Waals surface area contributed by atoms with Gasteiger partial charge in [0, 0.05) is 0 Å². The molecule has 1 saturated carbocycles. The van der Waals surface area contributed by atoms with E-state index in [0.29, 0.717) is 11.8 Å². The maximum atomic E-state index is 11.4. The molecule has 0 aromatic heterocycles. The van der Waals surface area contributed by atoms with E-state index in [1.54, 1.807) is 11.8 Å². The standard InChI is InChI=1S/C10H18O2S/c1-7(2)6-13-9(8-4-5-8)10(11)12-3/h7-9H,4-6H2,1-3H3. The molecule has 3 heteroatoms. The summed E-state index contributed by atoms with van der Waals surface area (Å²) in [6, 6.07) is 0. The van der Waals surface area contributed by atoms with Crippen molar-refractivity contribution in [2.75, 3.05) is 12.9 Å². The van der Waals surface area contributed by atoms with E-state index >= 15 is 0 Å². The van der Waals surface area contributed by atoms with Crippen molar-refractivity contribution in [3.05, 3.63) is 0 Å². The highest BCUT2D eigenvalue weighted by Crippen LogP contribution is 2.40. The van der Waals surface area contributed by atoms with Gasteiger partial charge in [-0.3, -0.25) is 4.79 Å². The first kappa shape index (κ1) is 10.9. The minimum Gasteiger partial charge on any atom is -0.468 e. The predicted molar refractivity (Wildman–Crippen MR) is 55.8 cm³/mol. The minimum atomic E-state index is -0.0341. The lowest BCUT2D eigenvalue weighted by molar-refractivity contribution is -0.140. The maximum absolute atomic E-state index is 11.4. The van der Waals surface area contributed by atoms with Crippen molar-refractivity contribution >= 4 is 17.7 Å². The summed E-state index contributed by atoms with van der Waals surface area (Å²) in [7, 11) is 1.48. The Morgan fingerprint density at radius 3 is 2.54 bits per heavy atom. The normalized spacial score (nSPS) is 18.8. The molecule has 0 bridgehead atoms. The van der Waals surface area contributed by atoms with E-state index in [0.717, 1.165) is 5.75 Å². The number of rotatable bonds is 5. The molecule has 0 aromatic carbocycles. The highest BCUT2D eigenvalue weighted by Gasteiger charge is 2.37. The second-order valence-electron chi connectivity index (χ2n) is 4.01. The first-order valence-electron chi connectivity index (χ1n) is 4.84. The second-order valence-corrected chi connectivity index (χ2v) is 5.18. The molecule has 0 aromatic rings. The zero-order chi connectivity index (χ0) is 9.84. The number of esters is 1. The third kappa shape index (κ3) is 3.59. The summed E-state index contributed by atoms with van der Waals surface area (Å²) < 4.78 is 4.79. The number of carbonyl (C=O) groups excluding carboxylic acids is 1. The quantitative estimate of drug-likeness (QED) is 0.640. The lowest BCUT2D eigenvalue weighted by Crippen LogP contribution is -2.22. The highest BCUT2D eigenvalue weighted by molar-refractivity contribution is 8.00. The smallest absolute Gasteiger partial charge is 0.319 e. The molecule has 0 amide bonds. The van der Waals surface area contributed by atoms with Gasteiger partial charge in [0.2, 0.25) is 0 Å². The number of hydrogen-bond acceptors (Lipinski definition) is 3. The summed E-state index contributed by atoms with van der Waals surface area (Å²) in [4.78, 5) is 11.4. The Labute approximate surface area is 84.4 Å². The van der Waals surface area contributed by atoms with Crippen molar-refractivity contribution < 1.29 is 9.53 Å². The summed E-state index contributed by atoms with van der Waals surface area (Å²) in [5, 5.41) is 0.104. The fourth-order valence-corrected chi connectivity index (χ4v) is 2.58. The highest BCUT2D eigenvalue weighted by atomic mass is 32.2. The molecule has 0 saturated heterocycles. The van der Waals surface area contributed by atoms with Gasteiger partial charge in [0.05, 0.1) is 7.11 Å². The summed E-state index contributed by atoms with van der Waals surface area (Å²) in [6.45, 7) is 4.35. The van der Waals surface area contributed by atoms with Gasteiger partial charge in [0.1, 0.15) is 5.25 Å².